The molecule has 0 unspecified atom stereocenters. The van der Waals surface area contributed by atoms with Gasteiger partial charge in [0.2, 0.25) is 0 Å². The van der Waals surface area contributed by atoms with Crippen LogP contribution < -0.4 is 0 Å². The number of hydrogen-bond acceptors (Lipinski definition) is 1. The van der Waals surface area contributed by atoms with Crippen LogP contribution in [0.3, 0.4) is 0 Å². The molecule has 0 aromatic heterocycles. The molecule has 1 nitrogen and oxygen atoms in total. The highest BCUT2D eigenvalue weighted by molar-refractivity contribution is 5.65. The molecule has 0 bridgehead atoms. The Hall–Kier alpha value is -0.850. The van der Waals surface area contributed by atoms with Gasteiger partial charge in [0.15, 0.2) is 0 Å². The lowest BCUT2D eigenvalue weighted by molar-refractivity contribution is -0.104. The number of rotatable bonds is 15. The topological polar surface area (TPSA) is 17.1 Å². The molecule has 0 radical (unpaired) electrons. The maximum absolute atomic E-state index is 10.0. The number of unbranched alkanes of at least 4 members (excludes halogenated alkanes) is 12. The first-order valence-electron chi connectivity index (χ1n) is 8.68. The molecule has 116 valence electrons. The van der Waals surface area contributed by atoms with Crippen molar-refractivity contribution in [3.8, 4) is 0 Å². The average Bonchev–Trinajstić information content (AvgIpc) is 2.47. The lowest BCUT2D eigenvalue weighted by Crippen LogP contribution is -1.82. The Morgan fingerprint density at radius 1 is 0.600 bits per heavy atom. The molecule has 0 heterocycles. The fourth-order valence-electron chi connectivity index (χ4n) is 2.39. The van der Waals surface area contributed by atoms with Crippen LogP contribution in [0, 0.1) is 0 Å². The van der Waals surface area contributed by atoms with Gasteiger partial charge in [-0.3, -0.25) is 4.79 Å². The molecule has 0 saturated heterocycles. The molecule has 0 aliphatic heterocycles. The molecule has 0 saturated carbocycles. The SMILES string of the molecule is CCCCCCCCCCCCCCC=CC=CC=O. The summed E-state index contributed by atoms with van der Waals surface area (Å²) in [7, 11) is 0. The summed E-state index contributed by atoms with van der Waals surface area (Å²) in [5.74, 6) is 0. The molecule has 0 aliphatic rings. The molecule has 0 rings (SSSR count). The standard InChI is InChI=1S/C19H34O/c1-2-3-4-5-6-7-8-9-10-11-12-13-14-15-16-17-18-19-20/h15-19H,2-14H2,1H3. The van der Waals surface area contributed by atoms with Gasteiger partial charge in [-0.2, -0.15) is 0 Å². The van der Waals surface area contributed by atoms with Crippen LogP contribution in [-0.4, -0.2) is 6.29 Å². The van der Waals surface area contributed by atoms with Crippen molar-refractivity contribution < 1.29 is 4.79 Å². The van der Waals surface area contributed by atoms with Crippen LogP contribution in [0.25, 0.3) is 0 Å². The van der Waals surface area contributed by atoms with Crippen molar-refractivity contribution in [3.63, 3.8) is 0 Å². The summed E-state index contributed by atoms with van der Waals surface area (Å²) in [5, 5.41) is 0. The minimum atomic E-state index is 0.814. The second-order valence-corrected chi connectivity index (χ2v) is 5.63. The van der Waals surface area contributed by atoms with E-state index in [0.717, 1.165) is 12.7 Å². The smallest absolute Gasteiger partial charge is 0.142 e. The first-order valence-corrected chi connectivity index (χ1v) is 8.68. The highest BCUT2D eigenvalue weighted by Crippen LogP contribution is 2.12. The van der Waals surface area contributed by atoms with Crippen LogP contribution in [-0.2, 0) is 4.79 Å². The second-order valence-electron chi connectivity index (χ2n) is 5.63. The molecule has 0 atom stereocenters. The zero-order chi connectivity index (χ0) is 14.7. The van der Waals surface area contributed by atoms with Crippen molar-refractivity contribution >= 4 is 6.29 Å². The zero-order valence-electron chi connectivity index (χ0n) is 13.5. The quantitative estimate of drug-likeness (QED) is 0.147. The van der Waals surface area contributed by atoms with Crippen molar-refractivity contribution in [2.75, 3.05) is 0 Å². The van der Waals surface area contributed by atoms with Crippen LogP contribution in [0.1, 0.15) is 90.4 Å². The summed E-state index contributed by atoms with van der Waals surface area (Å²) in [6.45, 7) is 2.28. The average molecular weight is 278 g/mol. The van der Waals surface area contributed by atoms with Crippen LogP contribution in [0.4, 0.5) is 0 Å². The normalized spacial score (nSPS) is 11.7. The molecule has 0 aromatic carbocycles. The number of allylic oxidation sites excluding steroid dienone is 4. The summed E-state index contributed by atoms with van der Waals surface area (Å²) in [6.07, 6.45) is 26.2. The van der Waals surface area contributed by atoms with Crippen molar-refractivity contribution in [3.05, 3.63) is 24.3 Å². The molecule has 0 spiro atoms. The van der Waals surface area contributed by atoms with Gasteiger partial charge in [-0.05, 0) is 18.9 Å². The summed E-state index contributed by atoms with van der Waals surface area (Å²) in [5.41, 5.74) is 0. The van der Waals surface area contributed by atoms with Crippen LogP contribution >= 0.6 is 0 Å². The molecule has 0 fully saturated rings. The Morgan fingerprint density at radius 2 is 1.10 bits per heavy atom. The van der Waals surface area contributed by atoms with E-state index in [1.165, 1.54) is 83.1 Å². The van der Waals surface area contributed by atoms with Gasteiger partial charge in [0, 0.05) is 0 Å². The van der Waals surface area contributed by atoms with Gasteiger partial charge in [-0.15, -0.1) is 0 Å². The molecule has 20 heavy (non-hydrogen) atoms. The van der Waals surface area contributed by atoms with Gasteiger partial charge in [-0.1, -0.05) is 95.8 Å². The summed E-state index contributed by atoms with van der Waals surface area (Å²) < 4.78 is 0. The first-order chi connectivity index (χ1) is 9.91. The van der Waals surface area contributed by atoms with E-state index in [0.29, 0.717) is 0 Å². The van der Waals surface area contributed by atoms with E-state index in [-0.39, 0.29) is 0 Å². The second kappa shape index (κ2) is 18.1. The third kappa shape index (κ3) is 17.2. The Labute approximate surface area is 126 Å². The van der Waals surface area contributed by atoms with E-state index in [1.54, 1.807) is 6.08 Å². The number of aldehydes is 1. The van der Waals surface area contributed by atoms with E-state index >= 15 is 0 Å². The van der Waals surface area contributed by atoms with Gasteiger partial charge in [0.25, 0.3) is 0 Å². The van der Waals surface area contributed by atoms with Gasteiger partial charge in [0.1, 0.15) is 6.29 Å². The molecule has 0 amide bonds. The van der Waals surface area contributed by atoms with E-state index in [1.807, 2.05) is 6.08 Å². The number of carbonyl (C=O) groups is 1. The molecule has 0 aromatic rings. The lowest BCUT2D eigenvalue weighted by Gasteiger charge is -2.02. The van der Waals surface area contributed by atoms with Gasteiger partial charge in [0.05, 0.1) is 0 Å². The molecular formula is C19H34O. The monoisotopic (exact) mass is 278 g/mol. The Bertz CT molecular complexity index is 240. The van der Waals surface area contributed by atoms with Crippen molar-refractivity contribution in [2.24, 2.45) is 0 Å². The van der Waals surface area contributed by atoms with Crippen LogP contribution in [0.2, 0.25) is 0 Å². The fraction of sp³-hybridized carbons (Fsp3) is 0.737. The maximum atomic E-state index is 10.0. The van der Waals surface area contributed by atoms with Crippen molar-refractivity contribution in [2.45, 2.75) is 90.4 Å². The molecule has 1 heteroatoms. The largest absolute Gasteiger partial charge is 0.299 e. The number of carbonyl (C=O) groups excluding carboxylic acids is 1. The van der Waals surface area contributed by atoms with Crippen molar-refractivity contribution in [1.82, 2.24) is 0 Å². The minimum Gasteiger partial charge on any atom is -0.299 e. The summed E-state index contributed by atoms with van der Waals surface area (Å²) >= 11 is 0. The highest BCUT2D eigenvalue weighted by atomic mass is 16.1. The van der Waals surface area contributed by atoms with Crippen LogP contribution in [0.15, 0.2) is 24.3 Å². The van der Waals surface area contributed by atoms with Crippen molar-refractivity contribution in [1.29, 1.82) is 0 Å². The molecule has 0 N–H and O–H groups in total. The van der Waals surface area contributed by atoms with E-state index in [4.69, 9.17) is 0 Å². The van der Waals surface area contributed by atoms with Crippen LogP contribution in [0.5, 0.6) is 0 Å². The Kier molecular flexibility index (Phi) is 17.4. The summed E-state index contributed by atoms with van der Waals surface area (Å²) in [4.78, 5) is 10.0. The maximum Gasteiger partial charge on any atom is 0.142 e. The number of hydrogen-bond donors (Lipinski definition) is 0. The zero-order valence-corrected chi connectivity index (χ0v) is 13.5. The van der Waals surface area contributed by atoms with Gasteiger partial charge < -0.3 is 0 Å². The Morgan fingerprint density at radius 3 is 1.60 bits per heavy atom. The van der Waals surface area contributed by atoms with E-state index in [2.05, 4.69) is 13.0 Å². The Balaban J connectivity index is 3.04. The predicted molar refractivity (Wildman–Crippen MR) is 90.0 cm³/mol. The van der Waals surface area contributed by atoms with E-state index < -0.39 is 0 Å². The highest BCUT2D eigenvalue weighted by Gasteiger charge is 1.92. The van der Waals surface area contributed by atoms with Gasteiger partial charge in [-0.25, -0.2) is 0 Å². The van der Waals surface area contributed by atoms with E-state index in [9.17, 15) is 4.79 Å². The molecular weight excluding hydrogens is 244 g/mol. The third-order valence-corrected chi connectivity index (χ3v) is 3.66. The minimum absolute atomic E-state index is 0.814. The first kappa shape index (κ1) is 19.1. The lowest BCUT2D eigenvalue weighted by atomic mass is 10.0. The third-order valence-electron chi connectivity index (χ3n) is 3.66. The van der Waals surface area contributed by atoms with Gasteiger partial charge >= 0.3 is 0 Å². The molecule has 0 aliphatic carbocycles. The fourth-order valence-corrected chi connectivity index (χ4v) is 2.39. The summed E-state index contributed by atoms with van der Waals surface area (Å²) in [6, 6.07) is 0. The predicted octanol–water partition coefficient (Wildman–Crippen LogP) is 6.39.